The van der Waals surface area contributed by atoms with Crippen LogP contribution in [-0.4, -0.2) is 30.3 Å². The summed E-state index contributed by atoms with van der Waals surface area (Å²) in [6.45, 7) is 0. The Morgan fingerprint density at radius 1 is 0.590 bits per heavy atom. The van der Waals surface area contributed by atoms with Crippen LogP contribution in [0.25, 0.3) is 0 Å². The van der Waals surface area contributed by atoms with Gasteiger partial charge in [-0.3, -0.25) is 4.98 Å². The molecule has 0 aliphatic heterocycles. The fourth-order valence-corrected chi connectivity index (χ4v) is 3.30. The molecule has 192 valence electrons. The summed E-state index contributed by atoms with van der Waals surface area (Å²) in [5, 5.41) is 37.0. The molecule has 11 nitrogen and oxygen atoms in total. The summed E-state index contributed by atoms with van der Waals surface area (Å²) in [5.41, 5.74) is 2.20. The first-order valence-corrected chi connectivity index (χ1v) is 10.4. The van der Waals surface area contributed by atoms with Crippen LogP contribution in [0.4, 0.5) is 23.0 Å². The minimum absolute atomic E-state index is 0. The van der Waals surface area contributed by atoms with E-state index < -0.39 is 0 Å². The monoisotopic (exact) mass is 1290 g/mol. The van der Waals surface area contributed by atoms with Crippen LogP contribution >= 0.6 is 0 Å². The molecule has 1 aromatic carbocycles. The Morgan fingerprint density at radius 3 is 1.38 bits per heavy atom. The molecule has 4 rings (SSSR count). The molecule has 14 heteroatoms. The minimum atomic E-state index is -0.151. The third-order valence-corrected chi connectivity index (χ3v) is 5.00. The minimum Gasteiger partial charge on any atom is -0.664 e. The van der Waals surface area contributed by atoms with Crippen LogP contribution in [0.1, 0.15) is 11.3 Å². The van der Waals surface area contributed by atoms with Gasteiger partial charge in [-0.1, -0.05) is 0 Å². The van der Waals surface area contributed by atoms with Gasteiger partial charge in [-0.15, -0.1) is 0 Å². The van der Waals surface area contributed by atoms with Crippen LogP contribution in [-0.2, 0) is 6.42 Å². The molecule has 3 aromatic heterocycles. The number of hydrogen-bond donors (Lipinski definition) is 5. The zero-order valence-corrected chi connectivity index (χ0v) is 40.3. The number of hydrogen-bond acceptors (Lipinski definition) is 11. The molecular formula is C25H22N5O6Rf3-3. The summed E-state index contributed by atoms with van der Waals surface area (Å²) in [6.07, 6.45) is 4.50. The molecule has 0 saturated heterocycles. The summed E-state index contributed by atoms with van der Waals surface area (Å²) in [5.74, 6) is 0.897. The predicted octanol–water partition coefficient (Wildman–Crippen LogP) is 4.58. The van der Waals surface area contributed by atoms with Gasteiger partial charge in [0.25, 0.3) is 0 Å². The van der Waals surface area contributed by atoms with Gasteiger partial charge in [0.05, 0.1) is 24.3 Å². The smallest absolute Gasteiger partial charge is 0.173 e. The van der Waals surface area contributed by atoms with Crippen LogP contribution in [0, 0.1) is 21.3 Å². The Labute approximate surface area is 207 Å². The molecule has 0 bridgehead atoms. The van der Waals surface area contributed by atoms with Crippen LogP contribution < -0.4 is 24.8 Å². The van der Waals surface area contributed by atoms with Gasteiger partial charge in [0.1, 0.15) is 23.0 Å². The average Bonchev–Trinajstić information content (AvgIpc) is 2.87. The first-order valence-electron chi connectivity index (χ1n) is 10.4. The molecule has 39 heavy (non-hydrogen) atoms. The van der Waals surface area contributed by atoms with E-state index in [0.717, 1.165) is 5.56 Å². The maximum Gasteiger partial charge on any atom is 0.173 e. The standard InChI is InChI=1S/C25H22N5O6.3Rf/c1-34-17-8-21(31)20(26-11-17)6-14-4-15(29-24-22(32)9-18(35-2)12-27-24)7-16(5-14)30-25-23(33)10-19(36-3)13-28-25;;;/h4-5,7-13,31-33H,1-3,6H2,(H,27,29)(H,28,30);;;/q-3;;;. The number of ether oxygens (including phenoxy) is 3. The van der Waals surface area contributed by atoms with Crippen molar-refractivity contribution in [1.29, 1.82) is 0 Å². The number of aromatic nitrogens is 3. The van der Waals surface area contributed by atoms with E-state index in [0.29, 0.717) is 34.3 Å². The summed E-state index contributed by atoms with van der Waals surface area (Å²) >= 11 is 0. The van der Waals surface area contributed by atoms with Crippen molar-refractivity contribution in [1.82, 2.24) is 15.0 Å². The molecule has 0 aliphatic rings. The van der Waals surface area contributed by atoms with E-state index in [-0.39, 0.29) is 35.3 Å². The van der Waals surface area contributed by atoms with Crippen molar-refractivity contribution < 1.29 is 29.5 Å². The molecule has 0 spiro atoms. The Morgan fingerprint density at radius 2 is 1.00 bits per heavy atom. The Balaban J connectivity index is 0.00000253. The van der Waals surface area contributed by atoms with E-state index in [1.165, 1.54) is 36.8 Å². The molecule has 4 aromatic rings. The zero-order chi connectivity index (χ0) is 25.7. The SMILES string of the molecule is [CH2-]Oc1cnc(Cc2cc(Nc3ncc(O[CH2-])cc3O)cc(Nc3ncc(O[CH2-])cc3O)c2)c(O)c1.[Rf].[Rf].[Rf]. The molecular weight excluding hydrogens is 1270 g/mol. The molecule has 0 aliphatic carbocycles. The van der Waals surface area contributed by atoms with E-state index >= 15 is 0 Å². The normalized spacial score (nSPS) is 9.72. The van der Waals surface area contributed by atoms with Crippen molar-refractivity contribution in [2.75, 3.05) is 10.6 Å². The number of anilines is 4. The third-order valence-electron chi connectivity index (χ3n) is 5.00. The number of nitrogens with zero attached hydrogens (tertiary/aromatic N) is 3. The summed E-state index contributed by atoms with van der Waals surface area (Å²) in [4.78, 5) is 12.5. The predicted molar refractivity (Wildman–Crippen MR) is 131 cm³/mol. The van der Waals surface area contributed by atoms with Gasteiger partial charge < -0.3 is 40.2 Å². The molecule has 0 fully saturated rings. The molecule has 0 atom stereocenters. The molecule has 0 unspecified atom stereocenters. The van der Waals surface area contributed by atoms with Gasteiger partial charge in [0, 0.05) is 36.0 Å². The van der Waals surface area contributed by atoms with Crippen molar-refractivity contribution in [3.63, 3.8) is 0 Å². The number of nitrogens with one attached hydrogen (secondary N) is 2. The first kappa shape index (κ1) is 29.1. The molecule has 0 amide bonds. The van der Waals surface area contributed by atoms with Gasteiger partial charge in [0.15, 0.2) is 23.1 Å². The molecule has 3 heterocycles. The summed E-state index contributed by atoms with van der Waals surface area (Å²) in [6, 6.07) is 9.45. The Hall–Kier alpha value is -7.93. The fraction of sp³-hybridized carbons (Fsp3) is 0.0400. The van der Waals surface area contributed by atoms with Crippen LogP contribution in [0.3, 0.4) is 0 Å². The first-order chi connectivity index (χ1) is 17.4. The second-order valence-corrected chi connectivity index (χ2v) is 7.49. The van der Waals surface area contributed by atoms with Crippen molar-refractivity contribution in [3.8, 4) is 34.5 Å². The van der Waals surface area contributed by atoms with Crippen LogP contribution in [0.15, 0.2) is 55.0 Å². The quantitative estimate of drug-likeness (QED) is 0.150. The summed E-state index contributed by atoms with van der Waals surface area (Å²) in [7, 11) is 9.90. The second kappa shape index (κ2) is 12.0. The molecule has 0 saturated carbocycles. The van der Waals surface area contributed by atoms with Gasteiger partial charge in [-0.05, 0) is 23.8 Å². The topological polar surface area (TPSA) is 151 Å². The van der Waals surface area contributed by atoms with Crippen molar-refractivity contribution >= 4 is 23.0 Å². The van der Waals surface area contributed by atoms with Gasteiger partial charge in [-0.2, -0.15) is 21.3 Å². The fourth-order valence-electron chi connectivity index (χ4n) is 3.30. The third kappa shape index (κ3) is 6.35. The number of aromatic hydroxyl groups is 3. The van der Waals surface area contributed by atoms with E-state index in [2.05, 4.69) is 46.9 Å². The maximum absolute atomic E-state index is 10.3. The number of rotatable bonds is 9. The average molecular weight is 1290 g/mol. The van der Waals surface area contributed by atoms with Gasteiger partial charge in [0.2, 0.25) is 0 Å². The van der Waals surface area contributed by atoms with Gasteiger partial charge >= 0.3 is 0 Å². The maximum atomic E-state index is 10.3. The van der Waals surface area contributed by atoms with Crippen molar-refractivity contribution in [3.05, 3.63) is 87.6 Å². The van der Waals surface area contributed by atoms with Gasteiger partial charge in [-0.25, -0.2) is 9.97 Å². The van der Waals surface area contributed by atoms with Crippen LogP contribution in [0.2, 0.25) is 0 Å². The van der Waals surface area contributed by atoms with Crippen LogP contribution in [0.5, 0.6) is 34.5 Å². The van der Waals surface area contributed by atoms with E-state index in [4.69, 9.17) is 14.2 Å². The van der Waals surface area contributed by atoms with E-state index in [1.54, 1.807) is 18.2 Å². The van der Waals surface area contributed by atoms with Crippen molar-refractivity contribution in [2.24, 2.45) is 0 Å². The summed E-state index contributed by atoms with van der Waals surface area (Å²) < 4.78 is 14.5. The molecule has 5 N–H and O–H groups in total. The largest absolute Gasteiger partial charge is 0.664 e. The Kier molecular flexibility index (Phi) is 8.93. The number of benzene rings is 1. The molecule has 0 radical (unpaired) electrons. The van der Waals surface area contributed by atoms with Crippen molar-refractivity contribution in [2.45, 2.75) is 6.42 Å². The zero-order valence-electron chi connectivity index (χ0n) is 21.1. The van der Waals surface area contributed by atoms with E-state index in [1.807, 2.05) is 0 Å². The van der Waals surface area contributed by atoms with E-state index in [9.17, 15) is 15.3 Å². The Bertz CT molecular complexity index is 1220. The second-order valence-electron chi connectivity index (χ2n) is 7.49. The number of pyridine rings is 3.